The zero-order valence-electron chi connectivity index (χ0n) is 11.0. The van der Waals surface area contributed by atoms with Crippen molar-refractivity contribution < 1.29 is 8.84 Å². The summed E-state index contributed by atoms with van der Waals surface area (Å²) in [5.74, 6) is 0. The van der Waals surface area contributed by atoms with E-state index in [9.17, 15) is 4.21 Å². The van der Waals surface area contributed by atoms with Crippen LogP contribution in [0.4, 0.5) is 5.69 Å². The molecule has 0 fully saturated rings. The van der Waals surface area contributed by atoms with Crippen molar-refractivity contribution in [3.63, 3.8) is 0 Å². The second kappa shape index (κ2) is 5.11. The van der Waals surface area contributed by atoms with Crippen LogP contribution in [0.5, 0.6) is 0 Å². The molecule has 1 atom stereocenters. The minimum atomic E-state index is -1.51. The van der Waals surface area contributed by atoms with Crippen molar-refractivity contribution in [2.24, 2.45) is 0 Å². The van der Waals surface area contributed by atoms with Gasteiger partial charge in [0.1, 0.15) is 0 Å². The third-order valence-corrected chi connectivity index (χ3v) is 4.75. The molecule has 110 valence electrons. The predicted molar refractivity (Wildman–Crippen MR) is 85.1 cm³/mol. The summed E-state index contributed by atoms with van der Waals surface area (Å²) in [5.41, 5.74) is 2.55. The number of aromatic nitrogens is 3. The molecule has 2 N–H and O–H groups in total. The number of aromatic amines is 1. The monoisotopic (exact) mass is 332 g/mol. The summed E-state index contributed by atoms with van der Waals surface area (Å²) >= 11 is 6.00. The van der Waals surface area contributed by atoms with Crippen LogP contribution in [-0.2, 0) is 11.0 Å². The highest BCUT2D eigenvalue weighted by Crippen LogP contribution is 2.27. The molecule has 4 aromatic rings. The van der Waals surface area contributed by atoms with E-state index < -0.39 is 11.0 Å². The number of rotatable bonds is 3. The molecular weight excluding hydrogens is 324 g/mol. The molecule has 2 heterocycles. The molecule has 0 saturated carbocycles. The van der Waals surface area contributed by atoms with E-state index in [-0.39, 0.29) is 0 Å². The number of fused-ring (bicyclic) bond motifs is 2. The van der Waals surface area contributed by atoms with E-state index in [0.717, 1.165) is 16.6 Å². The van der Waals surface area contributed by atoms with Crippen molar-refractivity contribution in [3.8, 4) is 0 Å². The zero-order chi connectivity index (χ0) is 15.1. The molecule has 0 radical (unpaired) electrons. The fourth-order valence-corrected chi connectivity index (χ4v) is 3.38. The molecule has 0 aliphatic rings. The van der Waals surface area contributed by atoms with Crippen LogP contribution in [0.2, 0.25) is 5.02 Å². The van der Waals surface area contributed by atoms with E-state index in [1.807, 2.05) is 30.5 Å². The van der Waals surface area contributed by atoms with Gasteiger partial charge in [-0.1, -0.05) is 11.6 Å². The predicted octanol–water partition coefficient (Wildman–Crippen LogP) is 3.49. The highest BCUT2D eigenvalue weighted by molar-refractivity contribution is 7.86. The summed E-state index contributed by atoms with van der Waals surface area (Å²) in [5, 5.41) is 8.93. The van der Waals surface area contributed by atoms with Crippen molar-refractivity contribution in [1.29, 1.82) is 0 Å². The number of anilines is 1. The lowest BCUT2D eigenvalue weighted by atomic mass is 10.2. The van der Waals surface area contributed by atoms with Gasteiger partial charge in [0, 0.05) is 22.8 Å². The van der Waals surface area contributed by atoms with Crippen molar-refractivity contribution in [2.75, 3.05) is 4.72 Å². The summed E-state index contributed by atoms with van der Waals surface area (Å²) in [4.78, 5) is 3.58. The van der Waals surface area contributed by atoms with Crippen molar-refractivity contribution >= 4 is 50.2 Å². The Kier molecular flexibility index (Phi) is 3.09. The topological polar surface area (TPSA) is 83.8 Å². The Morgan fingerprint density at radius 3 is 2.91 bits per heavy atom. The smallest absolute Gasteiger partial charge is 0.155 e. The SMILES string of the molecule is O=S(Nc1ccc2[nH]ccc2c1)c1ccc(Cl)c2nonc12. The van der Waals surface area contributed by atoms with Gasteiger partial charge in [-0.3, -0.25) is 0 Å². The zero-order valence-corrected chi connectivity index (χ0v) is 12.6. The Balaban J connectivity index is 1.71. The van der Waals surface area contributed by atoms with Crippen LogP contribution in [0.25, 0.3) is 21.9 Å². The van der Waals surface area contributed by atoms with Gasteiger partial charge in [0.15, 0.2) is 22.0 Å². The summed E-state index contributed by atoms with van der Waals surface area (Å²) < 4.78 is 20.2. The summed E-state index contributed by atoms with van der Waals surface area (Å²) in [7, 11) is -1.51. The van der Waals surface area contributed by atoms with Crippen LogP contribution < -0.4 is 4.72 Å². The molecule has 2 aromatic heterocycles. The molecule has 0 spiro atoms. The lowest BCUT2D eigenvalue weighted by Gasteiger charge is -2.06. The van der Waals surface area contributed by atoms with Crippen molar-refractivity contribution in [1.82, 2.24) is 15.3 Å². The molecule has 0 amide bonds. The molecule has 4 rings (SSSR count). The fourth-order valence-electron chi connectivity index (χ4n) is 2.24. The third kappa shape index (κ3) is 2.15. The first-order chi connectivity index (χ1) is 10.7. The van der Waals surface area contributed by atoms with Crippen LogP contribution >= 0.6 is 11.6 Å². The Morgan fingerprint density at radius 2 is 2.00 bits per heavy atom. The van der Waals surface area contributed by atoms with Gasteiger partial charge in [-0.2, -0.15) is 0 Å². The number of benzene rings is 2. The highest BCUT2D eigenvalue weighted by atomic mass is 35.5. The summed E-state index contributed by atoms with van der Waals surface area (Å²) in [6.07, 6.45) is 1.86. The van der Waals surface area contributed by atoms with Gasteiger partial charge in [-0.15, -0.1) is 0 Å². The van der Waals surface area contributed by atoms with Crippen LogP contribution in [0.1, 0.15) is 0 Å². The van der Waals surface area contributed by atoms with Crippen LogP contribution in [0, 0.1) is 0 Å². The molecule has 6 nitrogen and oxygen atoms in total. The van der Waals surface area contributed by atoms with E-state index in [1.54, 1.807) is 12.1 Å². The molecule has 0 aliphatic carbocycles. The first kappa shape index (κ1) is 13.3. The maximum Gasteiger partial charge on any atom is 0.155 e. The van der Waals surface area contributed by atoms with Gasteiger partial charge in [0.25, 0.3) is 0 Å². The molecular formula is C14H9ClN4O2S. The second-order valence-electron chi connectivity index (χ2n) is 4.66. The Labute approximate surface area is 132 Å². The minimum Gasteiger partial charge on any atom is -0.361 e. The summed E-state index contributed by atoms with van der Waals surface area (Å²) in [6, 6.07) is 10.9. The lowest BCUT2D eigenvalue weighted by Crippen LogP contribution is -2.05. The van der Waals surface area contributed by atoms with E-state index in [4.69, 9.17) is 11.6 Å². The first-order valence-corrected chi connectivity index (χ1v) is 7.91. The van der Waals surface area contributed by atoms with E-state index in [2.05, 4.69) is 24.6 Å². The lowest BCUT2D eigenvalue weighted by molar-refractivity contribution is 0.315. The quantitative estimate of drug-likeness (QED) is 0.601. The van der Waals surface area contributed by atoms with Crippen molar-refractivity contribution in [3.05, 3.63) is 47.6 Å². The van der Waals surface area contributed by atoms with Crippen LogP contribution in [0.3, 0.4) is 0 Å². The average molecular weight is 333 g/mol. The van der Waals surface area contributed by atoms with Gasteiger partial charge >= 0.3 is 0 Å². The van der Waals surface area contributed by atoms with Gasteiger partial charge in [-0.25, -0.2) is 8.84 Å². The third-order valence-electron chi connectivity index (χ3n) is 3.29. The van der Waals surface area contributed by atoms with E-state index >= 15 is 0 Å². The van der Waals surface area contributed by atoms with E-state index in [1.165, 1.54) is 0 Å². The molecule has 0 bridgehead atoms. The number of hydrogen-bond acceptors (Lipinski definition) is 4. The number of halogens is 1. The van der Waals surface area contributed by atoms with Crippen LogP contribution in [0.15, 0.2) is 52.1 Å². The Hall–Kier alpha value is -2.38. The van der Waals surface area contributed by atoms with E-state index in [0.29, 0.717) is 21.0 Å². The van der Waals surface area contributed by atoms with Crippen LogP contribution in [-0.4, -0.2) is 19.5 Å². The molecule has 22 heavy (non-hydrogen) atoms. The number of nitrogens with one attached hydrogen (secondary N) is 2. The Bertz CT molecular complexity index is 1010. The number of nitrogens with zero attached hydrogens (tertiary/aromatic N) is 2. The molecule has 2 aromatic carbocycles. The number of hydrogen-bond donors (Lipinski definition) is 2. The second-order valence-corrected chi connectivity index (χ2v) is 6.25. The minimum absolute atomic E-state index is 0.390. The average Bonchev–Trinajstić information content (AvgIpc) is 3.16. The number of H-pyrrole nitrogens is 1. The Morgan fingerprint density at radius 1 is 1.14 bits per heavy atom. The standard InChI is InChI=1S/C14H9ClN4O2S/c15-10-2-4-12(14-13(10)17-21-18-14)22(20)19-9-1-3-11-8(7-9)5-6-16-11/h1-7,16,19H. The maximum absolute atomic E-state index is 12.6. The summed E-state index contributed by atoms with van der Waals surface area (Å²) in [6.45, 7) is 0. The molecule has 1 unspecified atom stereocenters. The van der Waals surface area contributed by atoms with Crippen molar-refractivity contribution in [2.45, 2.75) is 4.90 Å². The van der Waals surface area contributed by atoms with Gasteiger partial charge in [0.2, 0.25) is 0 Å². The van der Waals surface area contributed by atoms with Gasteiger partial charge in [0.05, 0.1) is 9.92 Å². The fraction of sp³-hybridized carbons (Fsp3) is 0. The molecule has 0 saturated heterocycles. The largest absolute Gasteiger partial charge is 0.361 e. The molecule has 0 aliphatic heterocycles. The maximum atomic E-state index is 12.6. The first-order valence-electron chi connectivity index (χ1n) is 6.39. The van der Waals surface area contributed by atoms with Gasteiger partial charge < -0.3 is 9.71 Å². The highest BCUT2D eigenvalue weighted by Gasteiger charge is 2.15. The normalized spacial score (nSPS) is 12.8. The van der Waals surface area contributed by atoms with Gasteiger partial charge in [-0.05, 0) is 46.7 Å². The molecule has 8 heteroatoms.